The molecule has 0 aliphatic heterocycles. The Morgan fingerprint density at radius 2 is 1.17 bits per heavy atom. The smallest absolute Gasteiger partial charge is 0.285 e. The van der Waals surface area contributed by atoms with Crippen LogP contribution in [0.25, 0.3) is 0 Å². The average Bonchev–Trinajstić information content (AvgIpc) is 2.50. The molecule has 3 nitrogen and oxygen atoms in total. The second kappa shape index (κ2) is 14.2. The maximum Gasteiger partial charge on any atom is 0.285 e. The number of rotatable bonds is 16. The van der Waals surface area contributed by atoms with Gasteiger partial charge in [0.05, 0.1) is 0 Å². The van der Waals surface area contributed by atoms with Gasteiger partial charge >= 0.3 is 0 Å². The minimum absolute atomic E-state index is 0.300. The molecule has 0 spiro atoms. The van der Waals surface area contributed by atoms with Crippen molar-refractivity contribution in [2.75, 3.05) is 19.8 Å². The summed E-state index contributed by atoms with van der Waals surface area (Å²) in [5.41, 5.74) is 0. The van der Waals surface area contributed by atoms with E-state index in [-0.39, 0.29) is 0 Å². The van der Waals surface area contributed by atoms with Crippen LogP contribution in [-0.4, -0.2) is 25.8 Å². The molecule has 0 radical (unpaired) electrons. The summed E-state index contributed by atoms with van der Waals surface area (Å²) in [6, 6.07) is 0. The van der Waals surface area contributed by atoms with Gasteiger partial charge in [0.2, 0.25) is 0 Å². The van der Waals surface area contributed by atoms with Crippen molar-refractivity contribution in [2.24, 2.45) is 11.8 Å². The molecule has 0 aromatic carbocycles. The molecule has 0 aromatic rings. The fourth-order valence-corrected chi connectivity index (χ4v) is 3.26. The maximum atomic E-state index is 6.02. The van der Waals surface area contributed by atoms with E-state index in [1.807, 2.05) is 20.8 Å². The van der Waals surface area contributed by atoms with Gasteiger partial charge in [-0.2, -0.15) is 0 Å². The fraction of sp³-hybridized carbons (Fsp3) is 1.00. The van der Waals surface area contributed by atoms with Crippen LogP contribution in [0, 0.1) is 11.8 Å². The summed E-state index contributed by atoms with van der Waals surface area (Å²) >= 11 is 0. The van der Waals surface area contributed by atoms with Gasteiger partial charge in [0.1, 0.15) is 0 Å². The highest BCUT2D eigenvalue weighted by Gasteiger charge is 2.41. The standard InChI is InChI=1S/C20H42O3/c1-7-11-12-13-14-15-16-19(17-18(5)6)20(21-8-2,22-9-3)23-10-4/h18-19H,7-17H2,1-6H3. The first-order valence-corrected chi connectivity index (χ1v) is 9.97. The third-order valence-electron chi connectivity index (χ3n) is 4.20. The molecule has 23 heavy (non-hydrogen) atoms. The summed E-state index contributed by atoms with van der Waals surface area (Å²) in [5, 5.41) is 0. The Morgan fingerprint density at radius 1 is 0.696 bits per heavy atom. The summed E-state index contributed by atoms with van der Waals surface area (Å²) in [6.07, 6.45) is 10.1. The molecule has 0 aliphatic carbocycles. The van der Waals surface area contributed by atoms with Gasteiger partial charge in [-0.1, -0.05) is 59.3 Å². The Balaban J connectivity index is 4.76. The van der Waals surface area contributed by atoms with Crippen molar-refractivity contribution in [3.8, 4) is 0 Å². The van der Waals surface area contributed by atoms with E-state index in [9.17, 15) is 0 Å². The Bertz CT molecular complexity index is 236. The quantitative estimate of drug-likeness (QED) is 0.250. The van der Waals surface area contributed by atoms with Gasteiger partial charge in [0, 0.05) is 25.7 Å². The highest BCUT2D eigenvalue weighted by Crippen LogP contribution is 2.35. The fourth-order valence-electron chi connectivity index (χ4n) is 3.26. The second-order valence-corrected chi connectivity index (χ2v) is 6.79. The molecule has 0 aliphatic rings. The molecule has 1 unspecified atom stereocenters. The van der Waals surface area contributed by atoms with E-state index in [1.54, 1.807) is 0 Å². The van der Waals surface area contributed by atoms with Crippen LogP contribution in [0.1, 0.15) is 92.9 Å². The zero-order valence-corrected chi connectivity index (χ0v) is 16.7. The minimum Gasteiger partial charge on any atom is -0.328 e. The Labute approximate surface area is 145 Å². The van der Waals surface area contributed by atoms with Gasteiger partial charge in [-0.3, -0.25) is 0 Å². The van der Waals surface area contributed by atoms with Crippen molar-refractivity contribution < 1.29 is 14.2 Å². The van der Waals surface area contributed by atoms with Crippen LogP contribution in [0.2, 0.25) is 0 Å². The third-order valence-corrected chi connectivity index (χ3v) is 4.20. The molecule has 0 saturated heterocycles. The third kappa shape index (κ3) is 9.69. The van der Waals surface area contributed by atoms with E-state index in [0.29, 0.717) is 31.7 Å². The highest BCUT2D eigenvalue weighted by atomic mass is 16.9. The normalized spacial score (nSPS) is 13.7. The first kappa shape index (κ1) is 22.9. The zero-order chi connectivity index (χ0) is 17.6. The van der Waals surface area contributed by atoms with Gasteiger partial charge in [0.25, 0.3) is 5.97 Å². The first-order chi connectivity index (χ1) is 11.1. The molecule has 1 atom stereocenters. The van der Waals surface area contributed by atoms with Gasteiger partial charge in [-0.15, -0.1) is 0 Å². The summed E-state index contributed by atoms with van der Waals surface area (Å²) in [7, 11) is 0. The van der Waals surface area contributed by atoms with Crippen molar-refractivity contribution in [3.05, 3.63) is 0 Å². The topological polar surface area (TPSA) is 27.7 Å². The largest absolute Gasteiger partial charge is 0.328 e. The van der Waals surface area contributed by atoms with E-state index in [2.05, 4.69) is 20.8 Å². The van der Waals surface area contributed by atoms with Crippen LogP contribution in [0.3, 0.4) is 0 Å². The maximum absolute atomic E-state index is 6.02. The van der Waals surface area contributed by atoms with Crippen molar-refractivity contribution in [3.63, 3.8) is 0 Å². The predicted molar refractivity (Wildman–Crippen MR) is 98.5 cm³/mol. The SMILES string of the molecule is CCCCCCCCC(CC(C)C)C(OCC)(OCC)OCC. The highest BCUT2D eigenvalue weighted by molar-refractivity contribution is 4.74. The molecule has 0 bridgehead atoms. The van der Waals surface area contributed by atoms with Crippen molar-refractivity contribution in [1.82, 2.24) is 0 Å². The first-order valence-electron chi connectivity index (χ1n) is 9.97. The number of hydrogen-bond acceptors (Lipinski definition) is 3. The van der Waals surface area contributed by atoms with Gasteiger partial charge in [-0.25, -0.2) is 0 Å². The van der Waals surface area contributed by atoms with Crippen LogP contribution in [0.15, 0.2) is 0 Å². The van der Waals surface area contributed by atoms with Gasteiger partial charge in [0.15, 0.2) is 0 Å². The van der Waals surface area contributed by atoms with Crippen molar-refractivity contribution in [2.45, 2.75) is 98.9 Å². The number of ether oxygens (including phenoxy) is 3. The second-order valence-electron chi connectivity index (χ2n) is 6.79. The number of hydrogen-bond donors (Lipinski definition) is 0. The van der Waals surface area contributed by atoms with E-state index in [4.69, 9.17) is 14.2 Å². The molecule has 140 valence electrons. The molecule has 0 amide bonds. The molecule has 3 heteroatoms. The van der Waals surface area contributed by atoms with Gasteiger partial charge in [-0.05, 0) is 39.5 Å². The molecule has 0 heterocycles. The average molecular weight is 331 g/mol. The van der Waals surface area contributed by atoms with E-state index in [0.717, 1.165) is 12.8 Å². The zero-order valence-electron chi connectivity index (χ0n) is 16.7. The summed E-state index contributed by atoms with van der Waals surface area (Å²) < 4.78 is 18.1. The summed E-state index contributed by atoms with van der Waals surface area (Å²) in [6.45, 7) is 14.7. The Kier molecular flexibility index (Phi) is 14.2. The molecular formula is C20H42O3. The lowest BCUT2D eigenvalue weighted by Gasteiger charge is -2.40. The lowest BCUT2D eigenvalue weighted by molar-refractivity contribution is -0.404. The lowest BCUT2D eigenvalue weighted by atomic mass is 9.89. The Morgan fingerprint density at radius 3 is 1.61 bits per heavy atom. The molecule has 0 N–H and O–H groups in total. The molecule has 0 fully saturated rings. The number of unbranched alkanes of at least 4 members (excludes halogenated alkanes) is 5. The van der Waals surface area contributed by atoms with Gasteiger partial charge < -0.3 is 14.2 Å². The predicted octanol–water partition coefficient (Wildman–Crippen LogP) is 6.16. The van der Waals surface area contributed by atoms with Crippen molar-refractivity contribution >= 4 is 0 Å². The van der Waals surface area contributed by atoms with Crippen LogP contribution in [-0.2, 0) is 14.2 Å². The lowest BCUT2D eigenvalue weighted by Crippen LogP contribution is -2.47. The summed E-state index contributed by atoms with van der Waals surface area (Å²) in [5.74, 6) is 0.0562. The van der Waals surface area contributed by atoms with Crippen LogP contribution in [0.5, 0.6) is 0 Å². The monoisotopic (exact) mass is 330 g/mol. The van der Waals surface area contributed by atoms with Crippen LogP contribution >= 0.6 is 0 Å². The molecule has 0 rings (SSSR count). The molecular weight excluding hydrogens is 288 g/mol. The van der Waals surface area contributed by atoms with Crippen molar-refractivity contribution in [1.29, 1.82) is 0 Å². The van der Waals surface area contributed by atoms with E-state index in [1.165, 1.54) is 38.5 Å². The van der Waals surface area contributed by atoms with Crippen LogP contribution < -0.4 is 0 Å². The molecule has 0 saturated carbocycles. The minimum atomic E-state index is -0.855. The van der Waals surface area contributed by atoms with E-state index >= 15 is 0 Å². The Hall–Kier alpha value is -0.120. The van der Waals surface area contributed by atoms with E-state index < -0.39 is 5.97 Å². The summed E-state index contributed by atoms with van der Waals surface area (Å²) in [4.78, 5) is 0. The van der Waals surface area contributed by atoms with Crippen LogP contribution in [0.4, 0.5) is 0 Å². The molecule has 0 aromatic heterocycles.